The van der Waals surface area contributed by atoms with Gasteiger partial charge >= 0.3 is 0 Å². The summed E-state index contributed by atoms with van der Waals surface area (Å²) >= 11 is 0. The van der Waals surface area contributed by atoms with Gasteiger partial charge in [-0.3, -0.25) is 14.0 Å². The van der Waals surface area contributed by atoms with E-state index in [2.05, 4.69) is 20.6 Å². The minimum atomic E-state index is -1.16. The minimum Gasteiger partial charge on any atom is -0.309 e. The third kappa shape index (κ3) is 6.35. The van der Waals surface area contributed by atoms with Crippen molar-refractivity contribution in [2.75, 3.05) is 10.6 Å². The maximum Gasteiger partial charge on any atom is 0.242 e. The number of rotatable bonds is 6. The number of imidazole rings is 2. The van der Waals surface area contributed by atoms with Crippen molar-refractivity contribution in [1.29, 1.82) is 0 Å². The Balaban J connectivity index is 0.000000154. The topological polar surface area (TPSA) is 92.8 Å². The minimum absolute atomic E-state index is 0.157. The molecule has 4 heterocycles. The van der Waals surface area contributed by atoms with Crippen LogP contribution < -0.4 is 10.6 Å². The Morgan fingerprint density at radius 3 is 1.80 bits per heavy atom. The number of nitrogens with one attached hydrogen (secondary N) is 2. The second kappa shape index (κ2) is 12.5. The number of halogens is 5. The molecule has 6 aromatic rings. The van der Waals surface area contributed by atoms with Crippen molar-refractivity contribution in [3.05, 3.63) is 108 Å². The Bertz CT molecular complexity index is 2270. The van der Waals surface area contributed by atoms with Gasteiger partial charge in [0.25, 0.3) is 0 Å². The fourth-order valence-corrected chi connectivity index (χ4v) is 5.61. The quantitative estimate of drug-likeness (QED) is 0.178. The molecule has 0 bridgehead atoms. The summed E-state index contributed by atoms with van der Waals surface area (Å²) < 4.78 is 70.8. The number of anilines is 2. The van der Waals surface area contributed by atoms with Crippen molar-refractivity contribution in [3.8, 4) is 22.3 Å². The molecule has 4 atom stereocenters. The molecular formula is C36H29F5N6O2. The zero-order valence-electron chi connectivity index (χ0n) is 26.2. The van der Waals surface area contributed by atoms with Gasteiger partial charge in [-0.25, -0.2) is 27.5 Å². The predicted octanol–water partition coefficient (Wildman–Crippen LogP) is 7.63. The fraction of sp³-hybridized carbons (Fsp3) is 0.222. The summed E-state index contributed by atoms with van der Waals surface area (Å²) in [5.41, 5.74) is 4.87. The predicted molar refractivity (Wildman–Crippen MR) is 174 cm³/mol. The molecule has 0 aliphatic heterocycles. The van der Waals surface area contributed by atoms with Gasteiger partial charge in [0.2, 0.25) is 17.8 Å². The lowest BCUT2D eigenvalue weighted by Crippen LogP contribution is -2.16. The van der Waals surface area contributed by atoms with Gasteiger partial charge in [-0.1, -0.05) is 24.3 Å². The van der Waals surface area contributed by atoms with E-state index < -0.39 is 36.0 Å². The van der Waals surface area contributed by atoms with E-state index >= 15 is 0 Å². The van der Waals surface area contributed by atoms with Crippen LogP contribution >= 0.6 is 0 Å². The highest BCUT2D eigenvalue weighted by atomic mass is 19.1. The number of nitrogens with zero attached hydrogens (tertiary/aromatic N) is 4. The van der Waals surface area contributed by atoms with Crippen molar-refractivity contribution < 1.29 is 31.5 Å². The zero-order chi connectivity index (χ0) is 34.6. The van der Waals surface area contributed by atoms with Gasteiger partial charge in [0.1, 0.15) is 35.3 Å². The first-order valence-electron chi connectivity index (χ1n) is 15.6. The lowest BCUT2D eigenvalue weighted by Gasteiger charge is -2.07. The average molecular weight is 673 g/mol. The normalized spacial score (nSPS) is 19.3. The van der Waals surface area contributed by atoms with E-state index in [9.17, 15) is 31.5 Å². The smallest absolute Gasteiger partial charge is 0.242 e. The molecule has 8 rings (SSSR count). The largest absolute Gasteiger partial charge is 0.309 e. The van der Waals surface area contributed by atoms with Gasteiger partial charge in [-0.15, -0.1) is 0 Å². The van der Waals surface area contributed by atoms with Crippen molar-refractivity contribution in [3.63, 3.8) is 0 Å². The Labute approximate surface area is 276 Å². The first-order valence-corrected chi connectivity index (χ1v) is 15.6. The molecule has 0 spiro atoms. The number of carbonyl (C=O) groups is 2. The molecule has 2 saturated carbocycles. The summed E-state index contributed by atoms with van der Waals surface area (Å²) in [6.45, 7) is 3.38. The van der Waals surface area contributed by atoms with E-state index in [0.29, 0.717) is 39.4 Å². The number of alkyl halides is 2. The summed E-state index contributed by atoms with van der Waals surface area (Å²) in [6, 6.07) is 16.6. The fourth-order valence-electron chi connectivity index (χ4n) is 5.61. The lowest BCUT2D eigenvalue weighted by molar-refractivity contribution is -0.118. The zero-order valence-corrected chi connectivity index (χ0v) is 26.2. The van der Waals surface area contributed by atoms with Crippen LogP contribution in [0.15, 0.2) is 79.3 Å². The molecule has 0 unspecified atom stereocenters. The average Bonchev–Trinajstić information content (AvgIpc) is 3.93. The van der Waals surface area contributed by atoms with Crippen molar-refractivity contribution in [2.45, 2.75) is 39.0 Å². The molecule has 0 saturated heterocycles. The van der Waals surface area contributed by atoms with E-state index in [1.54, 1.807) is 60.8 Å². The molecular weight excluding hydrogens is 643 g/mol. The van der Waals surface area contributed by atoms with Crippen LogP contribution in [-0.4, -0.2) is 42.9 Å². The van der Waals surface area contributed by atoms with Crippen molar-refractivity contribution in [2.24, 2.45) is 11.8 Å². The van der Waals surface area contributed by atoms with E-state index in [0.717, 1.165) is 11.1 Å². The molecule has 0 radical (unpaired) electrons. The second-order valence-corrected chi connectivity index (χ2v) is 12.2. The van der Waals surface area contributed by atoms with E-state index in [4.69, 9.17) is 0 Å². The molecule has 2 aliphatic carbocycles. The number of pyridine rings is 2. The molecule has 2 aromatic carbocycles. The SMILES string of the molecule is Cc1c(F)cccc1-c1ccc2nc(NC(=O)[C@@H]3C[C@@H]3F)c(F)n2c1.Cc1c(F)cccc1-c1ccc2nc(NC(=O)[C@@H]3C[C@@H]3F)cn2c1. The van der Waals surface area contributed by atoms with Gasteiger partial charge in [0.15, 0.2) is 11.6 Å². The summed E-state index contributed by atoms with van der Waals surface area (Å²) in [4.78, 5) is 31.9. The number of benzene rings is 2. The lowest BCUT2D eigenvalue weighted by atomic mass is 10.0. The maximum absolute atomic E-state index is 14.6. The number of carbonyl (C=O) groups excluding carboxylic acids is 2. The van der Waals surface area contributed by atoms with E-state index in [1.165, 1.54) is 22.7 Å². The van der Waals surface area contributed by atoms with Crippen LogP contribution in [0.4, 0.5) is 33.6 Å². The van der Waals surface area contributed by atoms with Crippen LogP contribution in [0.1, 0.15) is 24.0 Å². The van der Waals surface area contributed by atoms with Gasteiger partial charge in [-0.05, 0) is 96.5 Å². The standard InChI is InChI=1S/C18H14F3N3O.C18H15F2N3O/c1-9-11(3-2-4-13(9)19)10-5-6-15-22-17(16(21)24(15)8-10)23-18(25)12-7-14(12)20;1-10-12(3-2-4-14(10)19)11-5-6-17-21-16(9-23(17)8-11)22-18(24)13-7-15(13)20/h2-6,8,12,14H,7H2,1H3,(H,23,25);2-6,8-9,13,15H,7H2,1H3,(H,22,24)/t12-,14+;13-,15+/m11/s1. The molecule has 2 fully saturated rings. The third-order valence-electron chi connectivity index (χ3n) is 8.76. The summed E-state index contributed by atoms with van der Waals surface area (Å²) in [5.74, 6) is -3.41. The summed E-state index contributed by atoms with van der Waals surface area (Å²) in [6.07, 6.45) is 3.22. The number of amides is 2. The number of fused-ring (bicyclic) bond motifs is 2. The highest BCUT2D eigenvalue weighted by Gasteiger charge is 2.44. The van der Waals surface area contributed by atoms with Crippen LogP contribution in [0.3, 0.4) is 0 Å². The Morgan fingerprint density at radius 1 is 0.694 bits per heavy atom. The highest BCUT2D eigenvalue weighted by Crippen LogP contribution is 2.36. The van der Waals surface area contributed by atoms with Gasteiger partial charge in [0, 0.05) is 12.4 Å². The molecule has 2 amide bonds. The van der Waals surface area contributed by atoms with Gasteiger partial charge in [0.05, 0.1) is 18.0 Å². The number of hydrogen-bond donors (Lipinski definition) is 2. The third-order valence-corrected chi connectivity index (χ3v) is 8.76. The molecule has 2 aliphatic rings. The van der Waals surface area contributed by atoms with Crippen LogP contribution in [0, 0.1) is 43.3 Å². The van der Waals surface area contributed by atoms with Crippen molar-refractivity contribution in [1.82, 2.24) is 18.8 Å². The summed E-state index contributed by atoms with van der Waals surface area (Å²) in [7, 11) is 0. The molecule has 4 aromatic heterocycles. The van der Waals surface area contributed by atoms with Crippen molar-refractivity contribution >= 4 is 34.7 Å². The van der Waals surface area contributed by atoms with Crippen LogP contribution in [-0.2, 0) is 9.59 Å². The maximum atomic E-state index is 14.6. The van der Waals surface area contributed by atoms with Gasteiger partial charge < -0.3 is 15.0 Å². The highest BCUT2D eigenvalue weighted by molar-refractivity contribution is 5.95. The second-order valence-electron chi connectivity index (χ2n) is 12.2. The first-order chi connectivity index (χ1) is 23.5. The van der Waals surface area contributed by atoms with Crippen LogP contribution in [0.5, 0.6) is 0 Å². The molecule has 2 N–H and O–H groups in total. The van der Waals surface area contributed by atoms with Gasteiger partial charge in [-0.2, -0.15) is 4.39 Å². The van der Waals surface area contributed by atoms with E-state index in [-0.39, 0.29) is 36.2 Å². The number of aromatic nitrogens is 4. The van der Waals surface area contributed by atoms with E-state index in [1.807, 2.05) is 18.3 Å². The van der Waals surface area contributed by atoms with Crippen LogP contribution in [0.25, 0.3) is 33.5 Å². The number of hydrogen-bond acceptors (Lipinski definition) is 4. The Hall–Kier alpha value is -5.59. The Kier molecular flexibility index (Phi) is 8.13. The molecule has 8 nitrogen and oxygen atoms in total. The molecule has 49 heavy (non-hydrogen) atoms. The molecule has 13 heteroatoms. The Morgan fingerprint density at radius 2 is 1.22 bits per heavy atom. The monoisotopic (exact) mass is 672 g/mol. The van der Waals surface area contributed by atoms with Crippen LogP contribution in [0.2, 0.25) is 0 Å². The molecule has 250 valence electrons. The summed E-state index contributed by atoms with van der Waals surface area (Å²) in [5, 5.41) is 4.96. The first kappa shape index (κ1) is 32.0.